The maximum Gasteiger partial charge on any atom is 0.340 e. The van der Waals surface area contributed by atoms with Gasteiger partial charge in [-0.15, -0.1) is 0 Å². The average Bonchev–Trinajstić information content (AvgIpc) is 2.75. The Bertz CT molecular complexity index is 772. The van der Waals surface area contributed by atoms with Crippen molar-refractivity contribution < 1.29 is 23.8 Å². The summed E-state index contributed by atoms with van der Waals surface area (Å²) in [6, 6.07) is 12.6. The molecular formula is C22H26ClNO5. The number of nitrogens with zero attached hydrogens (tertiary/aromatic N) is 1. The molecule has 6 nitrogen and oxygen atoms in total. The summed E-state index contributed by atoms with van der Waals surface area (Å²) in [5.74, 6) is -0.680. The summed E-state index contributed by atoms with van der Waals surface area (Å²) < 4.78 is 15.8. The standard InChI is InChI=1S/C22H26ClNO5/c1-4-14-28-21(25)20(22(26)29-15-5-2)24(17-8-6-16(23)7-9-17)18-10-12-19(27-3)13-11-18/h6-13,20H,4-5,14-15H2,1-3H3. The molecule has 0 bridgehead atoms. The highest BCUT2D eigenvalue weighted by molar-refractivity contribution is 6.30. The molecular weight excluding hydrogens is 394 g/mol. The molecule has 0 aliphatic carbocycles. The van der Waals surface area contributed by atoms with Gasteiger partial charge in [-0.05, 0) is 61.4 Å². The van der Waals surface area contributed by atoms with Gasteiger partial charge in [0.25, 0.3) is 0 Å². The predicted molar refractivity (Wildman–Crippen MR) is 113 cm³/mol. The summed E-state index contributed by atoms with van der Waals surface area (Å²) in [4.78, 5) is 27.3. The Hall–Kier alpha value is -2.73. The average molecular weight is 420 g/mol. The van der Waals surface area contributed by atoms with E-state index in [1.54, 1.807) is 60.5 Å². The van der Waals surface area contributed by atoms with Crippen molar-refractivity contribution in [2.75, 3.05) is 25.2 Å². The first-order chi connectivity index (χ1) is 14.0. The van der Waals surface area contributed by atoms with Crippen LogP contribution in [0, 0.1) is 0 Å². The zero-order valence-electron chi connectivity index (χ0n) is 16.9. The first-order valence-corrected chi connectivity index (χ1v) is 9.91. The molecule has 156 valence electrons. The molecule has 29 heavy (non-hydrogen) atoms. The molecule has 0 amide bonds. The lowest BCUT2D eigenvalue weighted by Gasteiger charge is -2.31. The van der Waals surface area contributed by atoms with Crippen LogP contribution in [0.1, 0.15) is 26.7 Å². The van der Waals surface area contributed by atoms with E-state index in [-0.39, 0.29) is 13.2 Å². The van der Waals surface area contributed by atoms with E-state index in [1.165, 1.54) is 0 Å². The number of hydrogen-bond donors (Lipinski definition) is 0. The van der Waals surface area contributed by atoms with Gasteiger partial charge in [-0.25, -0.2) is 9.59 Å². The van der Waals surface area contributed by atoms with Crippen LogP contribution in [-0.2, 0) is 19.1 Å². The zero-order chi connectivity index (χ0) is 21.2. The number of carbonyl (C=O) groups excluding carboxylic acids is 2. The third-order valence-electron chi connectivity index (χ3n) is 4.06. The Morgan fingerprint density at radius 3 is 1.72 bits per heavy atom. The minimum Gasteiger partial charge on any atom is -0.497 e. The van der Waals surface area contributed by atoms with Gasteiger partial charge < -0.3 is 19.1 Å². The number of anilines is 2. The molecule has 2 aromatic rings. The first-order valence-electron chi connectivity index (χ1n) is 9.53. The van der Waals surface area contributed by atoms with Crippen molar-refractivity contribution in [3.8, 4) is 5.75 Å². The van der Waals surface area contributed by atoms with Crippen LogP contribution in [0.25, 0.3) is 0 Å². The van der Waals surface area contributed by atoms with Crippen LogP contribution in [0.3, 0.4) is 0 Å². The number of methoxy groups -OCH3 is 1. The molecule has 0 unspecified atom stereocenters. The highest BCUT2D eigenvalue weighted by Gasteiger charge is 2.37. The number of hydrogen-bond acceptors (Lipinski definition) is 6. The van der Waals surface area contributed by atoms with Crippen molar-refractivity contribution in [3.63, 3.8) is 0 Å². The van der Waals surface area contributed by atoms with E-state index in [0.29, 0.717) is 35.0 Å². The van der Waals surface area contributed by atoms with Crippen LogP contribution in [0.5, 0.6) is 5.75 Å². The number of carbonyl (C=O) groups is 2. The lowest BCUT2D eigenvalue weighted by molar-refractivity contribution is -0.156. The number of benzene rings is 2. The van der Waals surface area contributed by atoms with E-state index >= 15 is 0 Å². The minimum atomic E-state index is -1.29. The Kier molecular flexibility index (Phi) is 8.80. The maximum atomic E-state index is 12.9. The monoisotopic (exact) mass is 419 g/mol. The molecule has 0 spiro atoms. The molecule has 0 N–H and O–H groups in total. The number of esters is 2. The first kappa shape index (κ1) is 22.6. The SMILES string of the molecule is CCCOC(=O)C(C(=O)OCCC)N(c1ccc(Cl)cc1)c1ccc(OC)cc1. The topological polar surface area (TPSA) is 65.1 Å². The van der Waals surface area contributed by atoms with Gasteiger partial charge in [-0.2, -0.15) is 0 Å². The summed E-state index contributed by atoms with van der Waals surface area (Å²) in [5, 5.41) is 0.544. The van der Waals surface area contributed by atoms with Crippen LogP contribution in [0.4, 0.5) is 11.4 Å². The Balaban J connectivity index is 2.52. The summed E-state index contributed by atoms with van der Waals surface area (Å²) in [5.41, 5.74) is 1.21. The summed E-state index contributed by atoms with van der Waals surface area (Å²) in [7, 11) is 1.57. The van der Waals surface area contributed by atoms with Crippen molar-refractivity contribution in [1.82, 2.24) is 0 Å². The number of halogens is 1. The highest BCUT2D eigenvalue weighted by atomic mass is 35.5. The van der Waals surface area contributed by atoms with Gasteiger partial charge in [-0.1, -0.05) is 25.4 Å². The molecule has 2 rings (SSSR count). The van der Waals surface area contributed by atoms with Gasteiger partial charge in [0.2, 0.25) is 6.04 Å². The third-order valence-corrected chi connectivity index (χ3v) is 4.31. The lowest BCUT2D eigenvalue weighted by atomic mass is 10.1. The summed E-state index contributed by atoms with van der Waals surface area (Å²) in [6.07, 6.45) is 1.29. The Morgan fingerprint density at radius 1 is 0.862 bits per heavy atom. The fraction of sp³-hybridized carbons (Fsp3) is 0.364. The minimum absolute atomic E-state index is 0.216. The molecule has 0 fully saturated rings. The molecule has 2 aromatic carbocycles. The van der Waals surface area contributed by atoms with Gasteiger partial charge in [-0.3, -0.25) is 0 Å². The van der Waals surface area contributed by atoms with E-state index in [1.807, 2.05) is 13.8 Å². The highest BCUT2D eigenvalue weighted by Crippen LogP contribution is 2.31. The second-order valence-electron chi connectivity index (χ2n) is 6.28. The second kappa shape index (κ2) is 11.3. The van der Waals surface area contributed by atoms with Gasteiger partial charge in [0.1, 0.15) is 5.75 Å². The van der Waals surface area contributed by atoms with Crippen molar-refractivity contribution in [2.24, 2.45) is 0 Å². The number of ether oxygens (including phenoxy) is 3. The molecule has 0 heterocycles. The van der Waals surface area contributed by atoms with Gasteiger partial charge >= 0.3 is 11.9 Å². The van der Waals surface area contributed by atoms with Gasteiger partial charge in [0.05, 0.1) is 20.3 Å². The van der Waals surface area contributed by atoms with Crippen molar-refractivity contribution in [1.29, 1.82) is 0 Å². The van der Waals surface area contributed by atoms with Crippen LogP contribution in [-0.4, -0.2) is 38.3 Å². The van der Waals surface area contributed by atoms with E-state index in [2.05, 4.69) is 0 Å². The quantitative estimate of drug-likeness (QED) is 0.408. The molecule has 0 aliphatic heterocycles. The predicted octanol–water partition coefficient (Wildman–Crippen LogP) is 4.76. The molecule has 0 saturated heterocycles. The fourth-order valence-electron chi connectivity index (χ4n) is 2.66. The second-order valence-corrected chi connectivity index (χ2v) is 6.72. The van der Waals surface area contributed by atoms with Crippen molar-refractivity contribution in [2.45, 2.75) is 32.7 Å². The van der Waals surface area contributed by atoms with Crippen molar-refractivity contribution >= 4 is 34.9 Å². The van der Waals surface area contributed by atoms with Gasteiger partial charge in [0.15, 0.2) is 0 Å². The molecule has 0 saturated carbocycles. The molecule has 0 aromatic heterocycles. The van der Waals surface area contributed by atoms with Crippen LogP contribution in [0.2, 0.25) is 5.02 Å². The van der Waals surface area contributed by atoms with E-state index in [4.69, 9.17) is 25.8 Å². The smallest absolute Gasteiger partial charge is 0.340 e. The third kappa shape index (κ3) is 6.12. The maximum absolute atomic E-state index is 12.9. The van der Waals surface area contributed by atoms with Gasteiger partial charge in [0, 0.05) is 16.4 Å². The van der Waals surface area contributed by atoms with Crippen LogP contribution < -0.4 is 9.64 Å². The summed E-state index contributed by atoms with van der Waals surface area (Å²) in [6.45, 7) is 4.21. The van der Waals surface area contributed by atoms with E-state index in [0.717, 1.165) is 0 Å². The Morgan fingerprint density at radius 2 is 1.31 bits per heavy atom. The number of rotatable bonds is 10. The van der Waals surface area contributed by atoms with Crippen LogP contribution >= 0.6 is 11.6 Å². The van der Waals surface area contributed by atoms with E-state index in [9.17, 15) is 9.59 Å². The lowest BCUT2D eigenvalue weighted by Crippen LogP contribution is -2.46. The molecule has 0 aliphatic rings. The fourth-order valence-corrected chi connectivity index (χ4v) is 2.79. The molecule has 0 radical (unpaired) electrons. The normalized spacial score (nSPS) is 10.5. The summed E-state index contributed by atoms with van der Waals surface area (Å²) >= 11 is 6.03. The Labute approximate surface area is 176 Å². The van der Waals surface area contributed by atoms with E-state index < -0.39 is 18.0 Å². The largest absolute Gasteiger partial charge is 0.497 e. The molecule has 7 heteroatoms. The zero-order valence-corrected chi connectivity index (χ0v) is 17.6. The molecule has 0 atom stereocenters. The van der Waals surface area contributed by atoms with Crippen molar-refractivity contribution in [3.05, 3.63) is 53.6 Å². The van der Waals surface area contributed by atoms with Crippen LogP contribution in [0.15, 0.2) is 48.5 Å².